The molecule has 1 aliphatic heterocycles. The van der Waals surface area contributed by atoms with E-state index in [1.807, 2.05) is 30.3 Å². The topological polar surface area (TPSA) is 38.3 Å². The molecule has 3 rings (SSSR count). The monoisotopic (exact) mass is 323 g/mol. The van der Waals surface area contributed by atoms with Crippen LogP contribution in [0.3, 0.4) is 0 Å². The SMILES string of the molecule is Cl.O=C(OCc1ccccc1)[C@@H]1C[C@@H](C2CCCCC2)CN1. The van der Waals surface area contributed by atoms with Crippen LogP contribution in [-0.4, -0.2) is 18.6 Å². The first-order chi connectivity index (χ1) is 10.3. The van der Waals surface area contributed by atoms with Gasteiger partial charge in [-0.05, 0) is 30.4 Å². The first-order valence-corrected chi connectivity index (χ1v) is 8.27. The molecule has 0 bridgehead atoms. The summed E-state index contributed by atoms with van der Waals surface area (Å²) >= 11 is 0. The van der Waals surface area contributed by atoms with Crippen molar-refractivity contribution >= 4 is 18.4 Å². The van der Waals surface area contributed by atoms with Crippen molar-refractivity contribution in [2.24, 2.45) is 11.8 Å². The van der Waals surface area contributed by atoms with Crippen LogP contribution < -0.4 is 5.32 Å². The van der Waals surface area contributed by atoms with E-state index in [4.69, 9.17) is 4.74 Å². The Labute approximate surface area is 139 Å². The zero-order chi connectivity index (χ0) is 14.5. The summed E-state index contributed by atoms with van der Waals surface area (Å²) in [6, 6.07) is 9.78. The van der Waals surface area contributed by atoms with Gasteiger partial charge < -0.3 is 10.1 Å². The normalized spacial score (nSPS) is 25.5. The second-order valence-corrected chi connectivity index (χ2v) is 6.45. The lowest BCUT2D eigenvalue weighted by Gasteiger charge is -2.26. The molecule has 0 radical (unpaired) electrons. The maximum atomic E-state index is 12.2. The molecule has 1 aromatic carbocycles. The van der Waals surface area contributed by atoms with Gasteiger partial charge in [-0.25, -0.2) is 0 Å². The second-order valence-electron chi connectivity index (χ2n) is 6.45. The fourth-order valence-electron chi connectivity index (χ4n) is 3.74. The highest BCUT2D eigenvalue weighted by atomic mass is 35.5. The van der Waals surface area contributed by atoms with Crippen LogP contribution in [0.5, 0.6) is 0 Å². The fourth-order valence-corrected chi connectivity index (χ4v) is 3.74. The van der Waals surface area contributed by atoms with Gasteiger partial charge in [0.15, 0.2) is 0 Å². The summed E-state index contributed by atoms with van der Waals surface area (Å²) in [7, 11) is 0. The molecule has 1 heterocycles. The van der Waals surface area contributed by atoms with E-state index in [0.717, 1.165) is 24.4 Å². The molecule has 122 valence electrons. The van der Waals surface area contributed by atoms with Crippen molar-refractivity contribution in [2.75, 3.05) is 6.54 Å². The Morgan fingerprint density at radius 2 is 1.82 bits per heavy atom. The van der Waals surface area contributed by atoms with Gasteiger partial charge in [-0.2, -0.15) is 0 Å². The van der Waals surface area contributed by atoms with Crippen molar-refractivity contribution in [3.63, 3.8) is 0 Å². The molecule has 2 fully saturated rings. The minimum absolute atomic E-state index is 0. The number of rotatable bonds is 4. The maximum absolute atomic E-state index is 12.2. The van der Waals surface area contributed by atoms with Gasteiger partial charge in [0, 0.05) is 0 Å². The van der Waals surface area contributed by atoms with Crippen LogP contribution in [-0.2, 0) is 16.1 Å². The molecular weight excluding hydrogens is 298 g/mol. The summed E-state index contributed by atoms with van der Waals surface area (Å²) in [5.41, 5.74) is 1.05. The number of esters is 1. The summed E-state index contributed by atoms with van der Waals surface area (Å²) in [4.78, 5) is 12.2. The molecule has 1 N–H and O–H groups in total. The lowest BCUT2D eigenvalue weighted by Crippen LogP contribution is -2.32. The highest BCUT2D eigenvalue weighted by molar-refractivity contribution is 5.85. The minimum Gasteiger partial charge on any atom is -0.460 e. The van der Waals surface area contributed by atoms with E-state index in [-0.39, 0.29) is 24.4 Å². The van der Waals surface area contributed by atoms with Gasteiger partial charge in [0.05, 0.1) is 0 Å². The van der Waals surface area contributed by atoms with Crippen LogP contribution >= 0.6 is 12.4 Å². The van der Waals surface area contributed by atoms with E-state index in [1.165, 1.54) is 32.1 Å². The Hall–Kier alpha value is -1.06. The van der Waals surface area contributed by atoms with Crippen LogP contribution in [0.15, 0.2) is 30.3 Å². The third-order valence-corrected chi connectivity index (χ3v) is 4.99. The summed E-state index contributed by atoms with van der Waals surface area (Å²) in [5.74, 6) is 1.40. The number of carbonyl (C=O) groups is 1. The molecule has 3 nitrogen and oxygen atoms in total. The van der Waals surface area contributed by atoms with E-state index >= 15 is 0 Å². The van der Waals surface area contributed by atoms with E-state index in [0.29, 0.717) is 12.5 Å². The van der Waals surface area contributed by atoms with Crippen LogP contribution in [0, 0.1) is 11.8 Å². The molecule has 1 saturated heterocycles. The third kappa shape index (κ3) is 4.47. The standard InChI is InChI=1S/C18H25NO2.ClH/c20-18(21-13-14-7-3-1-4-8-14)17-11-16(12-19-17)15-9-5-2-6-10-15;/h1,3-4,7-8,15-17,19H,2,5-6,9-13H2;1H/t16-,17+;/m1./s1. The van der Waals surface area contributed by atoms with Crippen LogP contribution in [0.1, 0.15) is 44.1 Å². The first kappa shape index (κ1) is 17.3. The van der Waals surface area contributed by atoms with Gasteiger partial charge in [0.25, 0.3) is 0 Å². The Kier molecular flexibility index (Phi) is 6.71. The van der Waals surface area contributed by atoms with E-state index in [1.54, 1.807) is 0 Å². The van der Waals surface area contributed by atoms with Crippen molar-refractivity contribution in [1.29, 1.82) is 0 Å². The first-order valence-electron chi connectivity index (χ1n) is 8.27. The Bertz CT molecular complexity index is 459. The number of carbonyl (C=O) groups excluding carboxylic acids is 1. The Morgan fingerprint density at radius 1 is 1.09 bits per heavy atom. The van der Waals surface area contributed by atoms with Crippen molar-refractivity contribution in [3.8, 4) is 0 Å². The molecule has 2 aliphatic rings. The van der Waals surface area contributed by atoms with Crippen LogP contribution in [0.25, 0.3) is 0 Å². The number of halogens is 1. The number of nitrogens with one attached hydrogen (secondary N) is 1. The number of hydrogen-bond donors (Lipinski definition) is 1. The lowest BCUT2D eigenvalue weighted by molar-refractivity contribution is -0.147. The van der Waals surface area contributed by atoms with Crippen molar-refractivity contribution in [1.82, 2.24) is 5.32 Å². The summed E-state index contributed by atoms with van der Waals surface area (Å²) in [5, 5.41) is 3.37. The largest absolute Gasteiger partial charge is 0.460 e. The highest BCUT2D eigenvalue weighted by Gasteiger charge is 2.35. The molecule has 0 amide bonds. The summed E-state index contributed by atoms with van der Waals surface area (Å²) in [6.07, 6.45) is 7.77. The molecule has 1 saturated carbocycles. The van der Waals surface area contributed by atoms with Crippen LogP contribution in [0.4, 0.5) is 0 Å². The maximum Gasteiger partial charge on any atom is 0.323 e. The van der Waals surface area contributed by atoms with Crippen molar-refractivity contribution in [2.45, 2.75) is 51.2 Å². The molecule has 0 aromatic heterocycles. The second kappa shape index (κ2) is 8.54. The minimum atomic E-state index is -0.0966. The van der Waals surface area contributed by atoms with E-state index < -0.39 is 0 Å². The van der Waals surface area contributed by atoms with Gasteiger partial charge in [-0.1, -0.05) is 62.4 Å². The van der Waals surface area contributed by atoms with Gasteiger partial charge in [0.1, 0.15) is 12.6 Å². The molecule has 1 aliphatic carbocycles. The van der Waals surface area contributed by atoms with E-state index in [2.05, 4.69) is 5.32 Å². The fraction of sp³-hybridized carbons (Fsp3) is 0.611. The zero-order valence-corrected chi connectivity index (χ0v) is 13.8. The number of ether oxygens (including phenoxy) is 1. The van der Waals surface area contributed by atoms with Gasteiger partial charge in [-0.15, -0.1) is 12.4 Å². The van der Waals surface area contributed by atoms with Gasteiger partial charge in [-0.3, -0.25) is 4.79 Å². The van der Waals surface area contributed by atoms with Crippen molar-refractivity contribution < 1.29 is 9.53 Å². The molecule has 2 atom stereocenters. The smallest absolute Gasteiger partial charge is 0.323 e. The third-order valence-electron chi connectivity index (χ3n) is 4.99. The lowest BCUT2D eigenvalue weighted by atomic mass is 9.79. The Morgan fingerprint density at radius 3 is 2.55 bits per heavy atom. The molecule has 0 unspecified atom stereocenters. The predicted molar refractivity (Wildman–Crippen MR) is 90.0 cm³/mol. The zero-order valence-electron chi connectivity index (χ0n) is 13.0. The number of benzene rings is 1. The quantitative estimate of drug-likeness (QED) is 0.858. The molecule has 4 heteroatoms. The molecular formula is C18H26ClNO2. The van der Waals surface area contributed by atoms with Crippen LogP contribution in [0.2, 0.25) is 0 Å². The Balaban J connectivity index is 0.00000176. The molecule has 1 aromatic rings. The molecule has 0 spiro atoms. The summed E-state index contributed by atoms with van der Waals surface area (Å²) in [6.45, 7) is 1.36. The highest BCUT2D eigenvalue weighted by Crippen LogP contribution is 2.34. The van der Waals surface area contributed by atoms with Gasteiger partial charge in [0.2, 0.25) is 0 Å². The van der Waals surface area contributed by atoms with E-state index in [9.17, 15) is 4.79 Å². The average Bonchev–Trinajstić information content (AvgIpc) is 3.04. The summed E-state index contributed by atoms with van der Waals surface area (Å²) < 4.78 is 5.45. The van der Waals surface area contributed by atoms with Gasteiger partial charge >= 0.3 is 5.97 Å². The number of hydrogen-bond acceptors (Lipinski definition) is 3. The predicted octanol–water partition coefficient (Wildman–Crippen LogP) is 3.71. The van der Waals surface area contributed by atoms with Crippen molar-refractivity contribution in [3.05, 3.63) is 35.9 Å². The molecule has 22 heavy (non-hydrogen) atoms. The average molecular weight is 324 g/mol.